The highest BCUT2D eigenvalue weighted by Gasteiger charge is 2.30. The minimum atomic E-state index is -3.54. The fourth-order valence-electron chi connectivity index (χ4n) is 3.49. The second-order valence-corrected chi connectivity index (χ2v) is 9.52. The number of nitrogens with zero attached hydrogens (tertiary/aromatic N) is 1. The summed E-state index contributed by atoms with van der Waals surface area (Å²) in [6.07, 6.45) is 1.28. The van der Waals surface area contributed by atoms with Gasteiger partial charge < -0.3 is 4.74 Å². The van der Waals surface area contributed by atoms with Gasteiger partial charge in [0.1, 0.15) is 5.75 Å². The maximum absolute atomic E-state index is 12.5. The van der Waals surface area contributed by atoms with Crippen molar-refractivity contribution in [2.45, 2.75) is 30.3 Å². The van der Waals surface area contributed by atoms with Crippen molar-refractivity contribution in [2.75, 3.05) is 13.1 Å². The third kappa shape index (κ3) is 4.14. The lowest BCUT2D eigenvalue weighted by Gasteiger charge is -2.15. The van der Waals surface area contributed by atoms with Crippen LogP contribution in [-0.2, 0) is 21.2 Å². The Hall–Kier alpha value is -2.62. The summed E-state index contributed by atoms with van der Waals surface area (Å²) in [6.45, 7) is 1.02. The quantitative estimate of drug-likeness (QED) is 0.693. The molecule has 8 nitrogen and oxygen atoms in total. The maximum atomic E-state index is 12.5. The first-order valence-corrected chi connectivity index (χ1v) is 11.3. The molecule has 2 heterocycles. The molecule has 0 bridgehead atoms. The Morgan fingerprint density at radius 1 is 1.03 bits per heavy atom. The van der Waals surface area contributed by atoms with Crippen LogP contribution >= 0.6 is 11.6 Å². The lowest BCUT2D eigenvalue weighted by atomic mass is 10.1. The zero-order chi connectivity index (χ0) is 21.3. The van der Waals surface area contributed by atoms with E-state index in [9.17, 15) is 18.0 Å². The fourth-order valence-corrected chi connectivity index (χ4v) is 5.20. The summed E-state index contributed by atoms with van der Waals surface area (Å²) >= 11 is 5.94. The molecule has 0 saturated carbocycles. The number of benzene rings is 2. The molecule has 2 aliphatic rings. The number of hydrogen-bond donors (Lipinski definition) is 2. The minimum absolute atomic E-state index is 0.140. The van der Waals surface area contributed by atoms with Crippen molar-refractivity contribution >= 4 is 33.4 Å². The van der Waals surface area contributed by atoms with Crippen LogP contribution in [0.5, 0.6) is 5.75 Å². The summed E-state index contributed by atoms with van der Waals surface area (Å²) in [5, 5.41) is 0.557. The minimum Gasteiger partial charge on any atom is -0.480 e. The molecule has 0 aliphatic carbocycles. The Bertz CT molecular complexity index is 1080. The number of rotatable bonds is 4. The van der Waals surface area contributed by atoms with Crippen LogP contribution in [-0.4, -0.2) is 43.7 Å². The first-order chi connectivity index (χ1) is 14.3. The Morgan fingerprint density at radius 2 is 1.73 bits per heavy atom. The van der Waals surface area contributed by atoms with Crippen LogP contribution in [0.2, 0.25) is 5.02 Å². The molecule has 10 heteroatoms. The number of carbonyl (C=O) groups excluding carboxylic acids is 2. The van der Waals surface area contributed by atoms with Crippen LogP contribution in [0.15, 0.2) is 47.4 Å². The van der Waals surface area contributed by atoms with Gasteiger partial charge in [-0.1, -0.05) is 11.6 Å². The summed E-state index contributed by atoms with van der Waals surface area (Å²) in [7, 11) is -3.54. The lowest BCUT2D eigenvalue weighted by molar-refractivity contribution is -0.128. The van der Waals surface area contributed by atoms with Crippen LogP contribution < -0.4 is 15.6 Å². The Balaban J connectivity index is 1.34. The van der Waals surface area contributed by atoms with Crippen molar-refractivity contribution in [2.24, 2.45) is 0 Å². The van der Waals surface area contributed by atoms with Gasteiger partial charge >= 0.3 is 0 Å². The van der Waals surface area contributed by atoms with Crippen LogP contribution in [0, 0.1) is 0 Å². The van der Waals surface area contributed by atoms with E-state index in [2.05, 4.69) is 10.9 Å². The van der Waals surface area contributed by atoms with Crippen molar-refractivity contribution in [3.63, 3.8) is 0 Å². The van der Waals surface area contributed by atoms with Gasteiger partial charge in [0.05, 0.1) is 4.90 Å². The number of ether oxygens (including phenoxy) is 1. The van der Waals surface area contributed by atoms with Gasteiger partial charge in [-0.3, -0.25) is 20.4 Å². The van der Waals surface area contributed by atoms with Gasteiger partial charge in [-0.05, 0) is 60.9 Å². The molecule has 1 fully saturated rings. The third-order valence-electron chi connectivity index (χ3n) is 5.11. The van der Waals surface area contributed by atoms with E-state index in [-0.39, 0.29) is 10.5 Å². The smallest absolute Gasteiger partial charge is 0.279 e. The number of nitrogens with one attached hydrogen (secondary N) is 2. The van der Waals surface area contributed by atoms with E-state index in [1.54, 1.807) is 18.2 Å². The predicted octanol–water partition coefficient (Wildman–Crippen LogP) is 1.89. The molecule has 30 heavy (non-hydrogen) atoms. The molecule has 2 amide bonds. The average molecular weight is 450 g/mol. The van der Waals surface area contributed by atoms with Gasteiger partial charge in [0.2, 0.25) is 10.0 Å². The fraction of sp³-hybridized carbons (Fsp3) is 0.300. The number of sulfonamides is 1. The summed E-state index contributed by atoms with van der Waals surface area (Å²) in [5.41, 5.74) is 5.71. The number of amides is 2. The van der Waals surface area contributed by atoms with Gasteiger partial charge in [-0.15, -0.1) is 0 Å². The second-order valence-electron chi connectivity index (χ2n) is 7.14. The number of halogens is 1. The van der Waals surface area contributed by atoms with Crippen LogP contribution in [0.3, 0.4) is 0 Å². The third-order valence-corrected chi connectivity index (χ3v) is 7.26. The lowest BCUT2D eigenvalue weighted by Crippen LogP contribution is -2.47. The molecule has 0 spiro atoms. The molecular weight excluding hydrogens is 430 g/mol. The van der Waals surface area contributed by atoms with Crippen molar-refractivity contribution in [3.05, 3.63) is 58.6 Å². The van der Waals surface area contributed by atoms with Crippen LogP contribution in [0.4, 0.5) is 0 Å². The highest BCUT2D eigenvalue weighted by atomic mass is 35.5. The molecule has 2 aromatic carbocycles. The standard InChI is InChI=1S/C20H20ClN3O5S/c21-15-5-8-17-14(11-15)12-18(29-17)20(26)23-22-19(25)13-3-6-16(7-4-13)30(27,28)24-9-1-2-10-24/h3-8,11,18H,1-2,9-10,12H2,(H,22,25)(H,23,26). The Labute approximate surface area is 179 Å². The van der Waals surface area contributed by atoms with Crippen molar-refractivity contribution in [1.82, 2.24) is 15.2 Å². The van der Waals surface area contributed by atoms with E-state index in [0.29, 0.717) is 30.3 Å². The van der Waals surface area contributed by atoms with E-state index in [4.69, 9.17) is 16.3 Å². The molecular formula is C20H20ClN3O5S. The number of hydrogen-bond acceptors (Lipinski definition) is 5. The SMILES string of the molecule is O=C(NNC(=O)C1Cc2cc(Cl)ccc2O1)c1ccc(S(=O)(=O)N2CCCC2)cc1. The van der Waals surface area contributed by atoms with Gasteiger partial charge in [0, 0.05) is 30.1 Å². The summed E-state index contributed by atoms with van der Waals surface area (Å²) in [4.78, 5) is 24.7. The van der Waals surface area contributed by atoms with Gasteiger partial charge in [-0.2, -0.15) is 4.31 Å². The normalized spacial score (nSPS) is 18.5. The summed E-state index contributed by atoms with van der Waals surface area (Å²) < 4.78 is 32.1. The topological polar surface area (TPSA) is 105 Å². The van der Waals surface area contributed by atoms with E-state index in [1.807, 2.05) is 0 Å². The molecule has 1 saturated heterocycles. The molecule has 4 rings (SSSR count). The average Bonchev–Trinajstić information content (AvgIpc) is 3.42. The van der Waals surface area contributed by atoms with Gasteiger partial charge in [0.25, 0.3) is 11.8 Å². The Morgan fingerprint density at radius 3 is 2.43 bits per heavy atom. The van der Waals surface area contributed by atoms with Crippen molar-refractivity contribution in [1.29, 1.82) is 0 Å². The highest BCUT2D eigenvalue weighted by Crippen LogP contribution is 2.31. The molecule has 0 aromatic heterocycles. The maximum Gasteiger partial charge on any atom is 0.279 e. The number of carbonyl (C=O) groups is 2. The first-order valence-electron chi connectivity index (χ1n) is 9.50. The van der Waals surface area contributed by atoms with E-state index in [1.165, 1.54) is 28.6 Å². The number of hydrazine groups is 1. The first kappa shape index (κ1) is 20.6. The van der Waals surface area contributed by atoms with E-state index >= 15 is 0 Å². The molecule has 2 aromatic rings. The van der Waals surface area contributed by atoms with Crippen LogP contribution in [0.1, 0.15) is 28.8 Å². The monoisotopic (exact) mass is 449 g/mol. The summed E-state index contributed by atoms with van der Waals surface area (Å²) in [6, 6.07) is 10.7. The largest absolute Gasteiger partial charge is 0.480 e. The molecule has 1 atom stereocenters. The molecule has 2 aliphatic heterocycles. The van der Waals surface area contributed by atoms with Crippen molar-refractivity contribution < 1.29 is 22.7 Å². The summed E-state index contributed by atoms with van der Waals surface area (Å²) in [5.74, 6) is -0.475. The zero-order valence-electron chi connectivity index (χ0n) is 15.9. The van der Waals surface area contributed by atoms with Gasteiger partial charge in [-0.25, -0.2) is 8.42 Å². The molecule has 158 valence electrons. The molecule has 2 N–H and O–H groups in total. The Kier molecular flexibility index (Phi) is 5.68. The second kappa shape index (κ2) is 8.25. The molecule has 1 unspecified atom stereocenters. The van der Waals surface area contributed by atoms with E-state index in [0.717, 1.165) is 18.4 Å². The highest BCUT2D eigenvalue weighted by molar-refractivity contribution is 7.89. The van der Waals surface area contributed by atoms with E-state index < -0.39 is 27.9 Å². The molecule has 0 radical (unpaired) electrons. The zero-order valence-corrected chi connectivity index (χ0v) is 17.5. The van der Waals surface area contributed by atoms with Gasteiger partial charge in [0.15, 0.2) is 6.10 Å². The number of fused-ring (bicyclic) bond motifs is 1. The van der Waals surface area contributed by atoms with Crippen molar-refractivity contribution in [3.8, 4) is 5.75 Å². The predicted molar refractivity (Wildman–Crippen MR) is 110 cm³/mol. The van der Waals surface area contributed by atoms with Crippen LogP contribution in [0.25, 0.3) is 0 Å².